The summed E-state index contributed by atoms with van der Waals surface area (Å²) in [5, 5.41) is 0. The number of hydrogen-bond acceptors (Lipinski definition) is 0. The second-order valence-corrected chi connectivity index (χ2v) is 10.5. The van der Waals surface area contributed by atoms with E-state index in [0.29, 0.717) is 11.1 Å². The second kappa shape index (κ2) is 8.17. The summed E-state index contributed by atoms with van der Waals surface area (Å²) in [6.45, 7) is 4.72. The van der Waals surface area contributed by atoms with Crippen LogP contribution in [0.5, 0.6) is 0 Å². The predicted octanol–water partition coefficient (Wildman–Crippen LogP) is 7.84. The van der Waals surface area contributed by atoms with Gasteiger partial charge in [0.1, 0.15) is 0 Å². The van der Waals surface area contributed by atoms with Crippen LogP contribution in [-0.4, -0.2) is 9.52 Å². The van der Waals surface area contributed by atoms with Crippen LogP contribution in [0.1, 0.15) is 58.3 Å². The van der Waals surface area contributed by atoms with Gasteiger partial charge in [0.05, 0.1) is 9.52 Å². The van der Waals surface area contributed by atoms with Crippen LogP contribution >= 0.6 is 0 Å². The van der Waals surface area contributed by atoms with E-state index in [1.807, 2.05) is 0 Å². The summed E-state index contributed by atoms with van der Waals surface area (Å²) in [7, 11) is 0.780. The van der Waals surface area contributed by atoms with Crippen molar-refractivity contribution < 1.29 is 0 Å². The normalized spacial score (nSPS) is 19.1. The smallest absolute Gasteiger partial charge is 0.0622 e. The number of rotatable bonds is 4. The molecule has 0 N–H and O–H groups in total. The van der Waals surface area contributed by atoms with Crippen molar-refractivity contribution in [1.29, 1.82) is 0 Å². The number of allylic oxidation sites excluding steroid dienone is 2. The van der Waals surface area contributed by atoms with Gasteiger partial charge in [0.2, 0.25) is 0 Å². The van der Waals surface area contributed by atoms with Crippen LogP contribution in [0.2, 0.25) is 0 Å². The minimum Gasteiger partial charge on any atom is -0.0622 e. The Bertz CT molecular complexity index is 1280. The molecule has 2 aliphatic carbocycles. The first-order valence-corrected chi connectivity index (χ1v) is 12.9. The van der Waals surface area contributed by atoms with Gasteiger partial charge in [-0.3, -0.25) is 0 Å². The van der Waals surface area contributed by atoms with Crippen LogP contribution in [0.4, 0.5) is 0 Å². The zero-order valence-electron chi connectivity index (χ0n) is 19.0. The van der Waals surface area contributed by atoms with Gasteiger partial charge in [-0.05, 0) is 69.5 Å². The first kappa shape index (κ1) is 20.2. The van der Waals surface area contributed by atoms with E-state index < -0.39 is 0 Å². The molecule has 2 atom stereocenters. The fraction of sp³-hybridized carbons (Fsp3) is 0.125. The van der Waals surface area contributed by atoms with Gasteiger partial charge in [0.25, 0.3) is 0 Å². The lowest BCUT2D eigenvalue weighted by Crippen LogP contribution is -2.16. The lowest BCUT2D eigenvalue weighted by Gasteiger charge is -2.20. The maximum atomic E-state index is 2.36. The molecule has 158 valence electrons. The van der Waals surface area contributed by atoms with Crippen molar-refractivity contribution in [2.45, 2.75) is 24.9 Å². The van der Waals surface area contributed by atoms with Crippen molar-refractivity contribution in [3.63, 3.8) is 0 Å². The van der Waals surface area contributed by atoms with E-state index in [4.69, 9.17) is 0 Å². The first-order valence-electron chi connectivity index (χ1n) is 11.7. The van der Waals surface area contributed by atoms with E-state index >= 15 is 0 Å². The molecule has 6 rings (SSSR count). The Hall–Kier alpha value is -3.42. The molecule has 2 aliphatic rings. The summed E-state index contributed by atoms with van der Waals surface area (Å²) >= 11 is 0. The van der Waals surface area contributed by atoms with Crippen LogP contribution < -0.4 is 0 Å². The Balaban J connectivity index is 1.47. The lowest BCUT2D eigenvalue weighted by molar-refractivity contribution is 1.03. The molecule has 0 nitrogen and oxygen atoms in total. The Morgan fingerprint density at radius 1 is 0.455 bits per heavy atom. The van der Waals surface area contributed by atoms with Crippen molar-refractivity contribution in [3.8, 4) is 0 Å². The molecule has 4 aromatic rings. The van der Waals surface area contributed by atoms with Gasteiger partial charge < -0.3 is 0 Å². The maximum absolute atomic E-state index is 2.36. The van der Waals surface area contributed by atoms with Crippen LogP contribution in [0.15, 0.2) is 120 Å². The van der Waals surface area contributed by atoms with Gasteiger partial charge in [-0.15, -0.1) is 0 Å². The van der Waals surface area contributed by atoms with Gasteiger partial charge >= 0.3 is 0 Å². The minimum absolute atomic E-state index is 0.458. The van der Waals surface area contributed by atoms with Crippen molar-refractivity contribution >= 4 is 20.7 Å². The zero-order valence-corrected chi connectivity index (χ0v) is 20.0. The Kier molecular flexibility index (Phi) is 5.00. The van der Waals surface area contributed by atoms with Crippen LogP contribution in [0.25, 0.3) is 11.1 Å². The summed E-state index contributed by atoms with van der Waals surface area (Å²) in [6, 6.07) is 39.9. The summed E-state index contributed by atoms with van der Waals surface area (Å²) in [4.78, 5) is 0. The average molecular weight is 439 g/mol. The topological polar surface area (TPSA) is 0 Å². The van der Waals surface area contributed by atoms with E-state index in [-0.39, 0.29) is 0 Å². The summed E-state index contributed by atoms with van der Waals surface area (Å²) in [5.74, 6) is 0. The van der Waals surface area contributed by atoms with Crippen LogP contribution in [0, 0.1) is 0 Å². The molecule has 0 fully saturated rings. The highest BCUT2D eigenvalue weighted by Gasteiger charge is 2.36. The first-order chi connectivity index (χ1) is 16.2. The summed E-state index contributed by atoms with van der Waals surface area (Å²) < 4.78 is 0. The molecule has 0 aromatic heterocycles. The highest BCUT2D eigenvalue weighted by molar-refractivity contribution is 6.44. The minimum atomic E-state index is 0.458. The predicted molar refractivity (Wildman–Crippen MR) is 140 cm³/mol. The molecule has 0 aliphatic heterocycles. The number of fused-ring (bicyclic) bond motifs is 2. The third-order valence-electron chi connectivity index (χ3n) is 7.20. The number of benzene rings is 4. The van der Waals surface area contributed by atoms with Crippen molar-refractivity contribution in [2.24, 2.45) is 0 Å². The monoisotopic (exact) mass is 438 g/mol. The standard InChI is InChI=1S/C32H26Si/c1-21-29(23-13-5-3-6-14-23)25-17-9-11-19-27(25)31(21)33-32-22(2)30(24-15-7-4-8-16-24)26-18-10-12-20-28(26)32/h3-20,31-32H,1-2H3. The number of hydrogen-bond donors (Lipinski definition) is 0. The Labute approximate surface area is 199 Å². The van der Waals surface area contributed by atoms with Gasteiger partial charge in [0, 0.05) is 0 Å². The highest BCUT2D eigenvalue weighted by Crippen LogP contribution is 2.50. The molecule has 0 amide bonds. The second-order valence-electron chi connectivity index (χ2n) is 9.06. The molecule has 0 bridgehead atoms. The molecule has 0 heterocycles. The highest BCUT2D eigenvalue weighted by atomic mass is 28.2. The van der Waals surface area contributed by atoms with E-state index in [1.54, 1.807) is 0 Å². The van der Waals surface area contributed by atoms with Crippen molar-refractivity contribution in [1.82, 2.24) is 0 Å². The molecule has 2 unspecified atom stereocenters. The van der Waals surface area contributed by atoms with Crippen LogP contribution in [0.3, 0.4) is 0 Å². The maximum Gasteiger partial charge on any atom is 0.0678 e. The molecular formula is C32H26Si. The fourth-order valence-electron chi connectivity index (χ4n) is 5.71. The molecule has 2 radical (unpaired) electrons. The fourth-order valence-corrected chi connectivity index (χ4v) is 7.69. The molecular weight excluding hydrogens is 412 g/mol. The Morgan fingerprint density at radius 2 is 0.818 bits per heavy atom. The van der Waals surface area contributed by atoms with Gasteiger partial charge in [-0.1, -0.05) is 120 Å². The molecule has 0 saturated heterocycles. The molecule has 1 heteroatoms. The van der Waals surface area contributed by atoms with Crippen molar-refractivity contribution in [3.05, 3.63) is 154 Å². The van der Waals surface area contributed by atoms with Crippen molar-refractivity contribution in [2.75, 3.05) is 0 Å². The molecule has 0 saturated carbocycles. The van der Waals surface area contributed by atoms with Gasteiger partial charge in [-0.25, -0.2) is 0 Å². The van der Waals surface area contributed by atoms with E-state index in [9.17, 15) is 0 Å². The zero-order chi connectivity index (χ0) is 22.4. The Morgan fingerprint density at radius 3 is 1.24 bits per heavy atom. The van der Waals surface area contributed by atoms with Gasteiger partial charge in [-0.2, -0.15) is 0 Å². The largest absolute Gasteiger partial charge is 0.0678 e. The average Bonchev–Trinajstić information content (AvgIpc) is 3.31. The SMILES string of the molecule is CC1=C(c2ccccc2)c2ccccc2C1[Si]C1C(C)=C(c2ccccc2)c2ccccc21. The molecule has 0 spiro atoms. The summed E-state index contributed by atoms with van der Waals surface area (Å²) in [6.07, 6.45) is 0. The quantitative estimate of drug-likeness (QED) is 0.285. The lowest BCUT2D eigenvalue weighted by atomic mass is 9.98. The third-order valence-corrected chi connectivity index (χ3v) is 9.35. The van der Waals surface area contributed by atoms with Crippen LogP contribution in [-0.2, 0) is 0 Å². The van der Waals surface area contributed by atoms with E-state index in [2.05, 4.69) is 123 Å². The molecule has 33 heavy (non-hydrogen) atoms. The third kappa shape index (κ3) is 3.27. The van der Waals surface area contributed by atoms with Gasteiger partial charge in [0.15, 0.2) is 0 Å². The summed E-state index contributed by atoms with van der Waals surface area (Å²) in [5.41, 5.74) is 15.3. The molecule has 4 aromatic carbocycles. The van der Waals surface area contributed by atoms with E-state index in [1.165, 1.54) is 55.7 Å². The van der Waals surface area contributed by atoms with E-state index in [0.717, 1.165) is 9.52 Å².